The molecule has 1 aliphatic rings. The summed E-state index contributed by atoms with van der Waals surface area (Å²) in [5.41, 5.74) is 1.03. The maximum absolute atomic E-state index is 12.5. The van der Waals surface area contributed by atoms with Crippen LogP contribution in [0.4, 0.5) is 0 Å². The van der Waals surface area contributed by atoms with E-state index in [2.05, 4.69) is 36.7 Å². The van der Waals surface area contributed by atoms with Crippen LogP contribution in [0.5, 0.6) is 0 Å². The lowest BCUT2D eigenvalue weighted by molar-refractivity contribution is 0.0608. The zero-order valence-corrected chi connectivity index (χ0v) is 14.6. The molecule has 20 heavy (non-hydrogen) atoms. The van der Waals surface area contributed by atoms with Crippen LogP contribution in [0.25, 0.3) is 0 Å². The van der Waals surface area contributed by atoms with Gasteiger partial charge in [-0.1, -0.05) is 32.4 Å². The van der Waals surface area contributed by atoms with Gasteiger partial charge in [0.15, 0.2) is 0 Å². The maximum atomic E-state index is 12.5. The molecule has 0 aromatic heterocycles. The number of rotatable bonds is 1. The van der Waals surface area contributed by atoms with E-state index in [0.29, 0.717) is 21.9 Å². The van der Waals surface area contributed by atoms with E-state index in [-0.39, 0.29) is 5.91 Å². The molecule has 4 heteroatoms. The zero-order chi connectivity index (χ0) is 14.9. The number of nitrogens with zero attached hydrogens (tertiary/aromatic N) is 1. The molecule has 0 unspecified atom stereocenters. The van der Waals surface area contributed by atoms with Crippen LogP contribution < -0.4 is 0 Å². The summed E-state index contributed by atoms with van der Waals surface area (Å²) >= 11 is 9.35. The Morgan fingerprint density at radius 2 is 1.90 bits per heavy atom. The smallest absolute Gasteiger partial charge is 0.254 e. The second-order valence-electron chi connectivity index (χ2n) is 6.56. The third-order valence-corrected chi connectivity index (χ3v) is 5.06. The highest BCUT2D eigenvalue weighted by molar-refractivity contribution is 9.10. The molecule has 1 fully saturated rings. The van der Waals surface area contributed by atoms with Gasteiger partial charge in [-0.2, -0.15) is 0 Å². The van der Waals surface area contributed by atoms with Crippen molar-refractivity contribution in [3.05, 3.63) is 33.3 Å². The van der Waals surface area contributed by atoms with Crippen LogP contribution in [-0.4, -0.2) is 23.9 Å². The molecule has 0 atom stereocenters. The minimum atomic E-state index is 0.0981. The number of halogens is 2. The Morgan fingerprint density at radius 1 is 1.30 bits per heavy atom. The summed E-state index contributed by atoms with van der Waals surface area (Å²) < 4.78 is 0.771. The van der Waals surface area contributed by atoms with Crippen LogP contribution in [0, 0.1) is 11.3 Å². The van der Waals surface area contributed by atoms with Crippen LogP contribution in [-0.2, 0) is 0 Å². The molecule has 0 radical (unpaired) electrons. The molecular weight excluding hydrogens is 338 g/mol. The Balaban J connectivity index is 2.05. The number of likely N-dealkylation sites (tertiary alicyclic amines) is 1. The number of benzene rings is 1. The largest absolute Gasteiger partial charge is 0.339 e. The molecule has 0 aliphatic carbocycles. The highest BCUT2D eigenvalue weighted by Gasteiger charge is 2.31. The lowest BCUT2D eigenvalue weighted by Crippen LogP contribution is -2.41. The lowest BCUT2D eigenvalue weighted by Gasteiger charge is -2.38. The minimum absolute atomic E-state index is 0.0981. The van der Waals surface area contributed by atoms with Crippen molar-refractivity contribution in [3.63, 3.8) is 0 Å². The molecule has 2 nitrogen and oxygen atoms in total. The molecule has 110 valence electrons. The van der Waals surface area contributed by atoms with E-state index < -0.39 is 0 Å². The summed E-state index contributed by atoms with van der Waals surface area (Å²) in [5.74, 6) is 0.793. The van der Waals surface area contributed by atoms with E-state index in [1.54, 1.807) is 18.2 Å². The summed E-state index contributed by atoms with van der Waals surface area (Å²) in [7, 11) is 0. The van der Waals surface area contributed by atoms with Crippen molar-refractivity contribution in [1.82, 2.24) is 4.90 Å². The zero-order valence-electron chi connectivity index (χ0n) is 12.2. The lowest BCUT2D eigenvalue weighted by atomic mass is 9.75. The second kappa shape index (κ2) is 6.07. The van der Waals surface area contributed by atoms with Crippen molar-refractivity contribution in [2.75, 3.05) is 13.1 Å². The average Bonchev–Trinajstić information content (AvgIpc) is 2.37. The number of amides is 1. The van der Waals surface area contributed by atoms with Crippen LogP contribution in [0.15, 0.2) is 22.7 Å². The normalized spacial score (nSPS) is 17.4. The van der Waals surface area contributed by atoms with Gasteiger partial charge in [0, 0.05) is 22.6 Å². The van der Waals surface area contributed by atoms with Gasteiger partial charge in [-0.25, -0.2) is 0 Å². The Kier molecular flexibility index (Phi) is 4.80. The van der Waals surface area contributed by atoms with Crippen LogP contribution >= 0.6 is 27.5 Å². The van der Waals surface area contributed by atoms with Crippen LogP contribution in [0.1, 0.15) is 44.0 Å². The fourth-order valence-electron chi connectivity index (χ4n) is 2.78. The summed E-state index contributed by atoms with van der Waals surface area (Å²) in [6.07, 6.45) is 2.17. The Bertz CT molecular complexity index is 502. The van der Waals surface area contributed by atoms with Gasteiger partial charge in [0.2, 0.25) is 0 Å². The Hall–Kier alpha value is -0.540. The van der Waals surface area contributed by atoms with Gasteiger partial charge in [0.1, 0.15) is 0 Å². The number of piperidine rings is 1. The van der Waals surface area contributed by atoms with E-state index >= 15 is 0 Å². The summed E-state index contributed by atoms with van der Waals surface area (Å²) in [6.45, 7) is 8.53. The quantitative estimate of drug-likeness (QED) is 0.691. The molecule has 1 aliphatic heterocycles. The number of carbonyl (C=O) groups is 1. The number of hydrogen-bond acceptors (Lipinski definition) is 1. The van der Waals surface area contributed by atoms with Gasteiger partial charge in [-0.05, 0) is 58.3 Å². The third-order valence-electron chi connectivity index (χ3n) is 4.17. The fraction of sp³-hybridized carbons (Fsp3) is 0.562. The van der Waals surface area contributed by atoms with Gasteiger partial charge >= 0.3 is 0 Å². The topological polar surface area (TPSA) is 20.3 Å². The van der Waals surface area contributed by atoms with Crippen molar-refractivity contribution in [1.29, 1.82) is 0 Å². The van der Waals surface area contributed by atoms with Crippen molar-refractivity contribution in [3.8, 4) is 0 Å². The van der Waals surface area contributed by atoms with E-state index in [4.69, 9.17) is 11.6 Å². The summed E-state index contributed by atoms with van der Waals surface area (Å²) in [5, 5.41) is 0.639. The molecule has 2 rings (SSSR count). The third kappa shape index (κ3) is 3.56. The summed E-state index contributed by atoms with van der Waals surface area (Å²) in [6, 6.07) is 5.34. The van der Waals surface area contributed by atoms with Crippen molar-refractivity contribution >= 4 is 33.4 Å². The molecule has 1 amide bonds. The summed E-state index contributed by atoms with van der Waals surface area (Å²) in [4.78, 5) is 14.5. The van der Waals surface area contributed by atoms with E-state index in [1.165, 1.54) is 0 Å². The van der Waals surface area contributed by atoms with Crippen molar-refractivity contribution < 1.29 is 4.79 Å². The first-order valence-corrected chi connectivity index (χ1v) is 8.20. The predicted molar refractivity (Wildman–Crippen MR) is 87.2 cm³/mol. The van der Waals surface area contributed by atoms with Gasteiger partial charge in [0.25, 0.3) is 5.91 Å². The van der Waals surface area contributed by atoms with Gasteiger partial charge < -0.3 is 4.90 Å². The average molecular weight is 359 g/mol. The number of hydrogen-bond donors (Lipinski definition) is 0. The first kappa shape index (κ1) is 15.8. The molecule has 1 heterocycles. The van der Waals surface area contributed by atoms with Gasteiger partial charge in [0.05, 0.1) is 5.56 Å². The highest BCUT2D eigenvalue weighted by Crippen LogP contribution is 2.35. The van der Waals surface area contributed by atoms with Gasteiger partial charge in [-0.15, -0.1) is 0 Å². The molecule has 1 aromatic carbocycles. The molecule has 0 saturated carbocycles. The molecule has 1 saturated heterocycles. The molecule has 0 bridgehead atoms. The van der Waals surface area contributed by atoms with E-state index in [9.17, 15) is 4.79 Å². The Labute approximate surface area is 134 Å². The Morgan fingerprint density at radius 3 is 2.40 bits per heavy atom. The first-order chi connectivity index (χ1) is 9.29. The second-order valence-corrected chi connectivity index (χ2v) is 7.85. The van der Waals surface area contributed by atoms with Crippen molar-refractivity contribution in [2.24, 2.45) is 11.3 Å². The molecule has 1 aromatic rings. The van der Waals surface area contributed by atoms with E-state index in [1.807, 2.05) is 4.90 Å². The SMILES string of the molecule is CC(C)(C)C1CCN(C(=O)c2ccc(Cl)cc2Br)CC1. The highest BCUT2D eigenvalue weighted by atomic mass is 79.9. The predicted octanol–water partition coefficient (Wildman–Crippen LogP) is 5.00. The molecular formula is C16H21BrClNO. The van der Waals surface area contributed by atoms with Crippen LogP contribution in [0.2, 0.25) is 5.02 Å². The van der Waals surface area contributed by atoms with E-state index in [0.717, 1.165) is 30.4 Å². The van der Waals surface area contributed by atoms with Crippen LogP contribution in [0.3, 0.4) is 0 Å². The standard InChI is InChI=1S/C16H21BrClNO/c1-16(2,3)11-6-8-19(9-7-11)15(20)13-5-4-12(18)10-14(13)17/h4-5,10-11H,6-9H2,1-3H3. The minimum Gasteiger partial charge on any atom is -0.339 e. The van der Waals surface area contributed by atoms with Gasteiger partial charge in [-0.3, -0.25) is 4.79 Å². The molecule has 0 N–H and O–H groups in total. The maximum Gasteiger partial charge on any atom is 0.254 e. The molecule has 0 spiro atoms. The number of carbonyl (C=O) groups excluding carboxylic acids is 1. The first-order valence-electron chi connectivity index (χ1n) is 7.03. The van der Waals surface area contributed by atoms with Crippen molar-refractivity contribution in [2.45, 2.75) is 33.6 Å². The fourth-order valence-corrected chi connectivity index (χ4v) is 3.63. The monoisotopic (exact) mass is 357 g/mol.